The van der Waals surface area contributed by atoms with E-state index in [9.17, 15) is 24.0 Å². The van der Waals surface area contributed by atoms with Gasteiger partial charge >= 0.3 is 6.03 Å². The number of hydrogen-bond acceptors (Lipinski definition) is 7. The zero-order chi connectivity index (χ0) is 35.0. The lowest BCUT2D eigenvalue weighted by Gasteiger charge is -2.44. The van der Waals surface area contributed by atoms with Crippen molar-refractivity contribution in [3.05, 3.63) is 0 Å². The molecule has 4 atom stereocenters. The van der Waals surface area contributed by atoms with Crippen LogP contribution in [-0.4, -0.2) is 114 Å². The number of primary amides is 1. The molecule has 5 amide bonds. The Hall–Kier alpha value is -2.73. The Balaban J connectivity index is 1.23. The summed E-state index contributed by atoms with van der Waals surface area (Å²) in [6, 6.07) is -2.33. The number of likely N-dealkylation sites (tertiary alicyclic amines) is 1. The van der Waals surface area contributed by atoms with Crippen molar-refractivity contribution in [1.29, 1.82) is 0 Å². The van der Waals surface area contributed by atoms with Gasteiger partial charge < -0.3 is 26.6 Å². The highest BCUT2D eigenvalue weighted by Gasteiger charge is 2.51. The number of amides is 5. The van der Waals surface area contributed by atoms with Crippen LogP contribution >= 0.6 is 0 Å². The summed E-state index contributed by atoms with van der Waals surface area (Å²) < 4.78 is 0. The molecule has 2 aliphatic heterocycles. The summed E-state index contributed by atoms with van der Waals surface area (Å²) >= 11 is 0. The molecule has 5 rings (SSSR count). The van der Waals surface area contributed by atoms with Gasteiger partial charge in [-0.3, -0.25) is 29.0 Å². The first-order valence-electron chi connectivity index (χ1n) is 18.4. The highest BCUT2D eigenvalue weighted by Crippen LogP contribution is 2.50. The van der Waals surface area contributed by atoms with Gasteiger partial charge in [-0.05, 0) is 74.2 Å². The zero-order valence-electron chi connectivity index (χ0n) is 30.2. The van der Waals surface area contributed by atoms with E-state index in [1.54, 1.807) is 4.90 Å². The Morgan fingerprint density at radius 3 is 2.12 bits per heavy atom. The van der Waals surface area contributed by atoms with Crippen molar-refractivity contribution in [1.82, 2.24) is 30.7 Å². The molecule has 5 aliphatic rings. The Labute approximate surface area is 287 Å². The maximum atomic E-state index is 13.8. The van der Waals surface area contributed by atoms with E-state index in [1.165, 1.54) is 19.3 Å². The van der Waals surface area contributed by atoms with Crippen molar-refractivity contribution in [2.75, 3.05) is 46.3 Å². The fourth-order valence-corrected chi connectivity index (χ4v) is 8.36. The number of nitrogens with zero attached hydrogens (tertiary/aromatic N) is 3. The molecule has 12 nitrogen and oxygen atoms in total. The van der Waals surface area contributed by atoms with E-state index in [1.807, 2.05) is 0 Å². The van der Waals surface area contributed by atoms with Crippen molar-refractivity contribution in [2.45, 2.75) is 122 Å². The maximum absolute atomic E-state index is 13.8. The molecule has 5 N–H and O–H groups in total. The standard InChI is InChI=1S/C36H61N7O5/c1-34(2,3)28(21-42-16-15-41(6)36(22-42)13-14-36)40-33(48)38-19-29(44)43-20-25(35(4,5)24-11-8-12-24)18-27(43)32(47)39-26(30(45)31(37)46)17-23-9-7-10-23/h23-28H,7-22H2,1-6H3,(H2,37,46)(H,39,47)(H2,38,40,48)/t25?,26?,27-,28+/m0/s1. The molecule has 5 fully saturated rings. The highest BCUT2D eigenvalue weighted by molar-refractivity contribution is 6.37. The van der Waals surface area contributed by atoms with E-state index in [2.05, 4.69) is 67.4 Å². The van der Waals surface area contributed by atoms with Crippen LogP contribution < -0.4 is 21.7 Å². The molecular formula is C36H61N7O5. The van der Waals surface area contributed by atoms with Crippen LogP contribution in [0.3, 0.4) is 0 Å². The van der Waals surface area contributed by atoms with Crippen LogP contribution in [0.2, 0.25) is 0 Å². The molecule has 0 aromatic heterocycles. The number of carbonyl (C=O) groups excluding carboxylic acids is 5. The first-order chi connectivity index (χ1) is 22.5. The van der Waals surface area contributed by atoms with Crippen molar-refractivity contribution in [3.63, 3.8) is 0 Å². The fraction of sp³-hybridized carbons (Fsp3) is 0.861. The number of rotatable bonds is 13. The number of Topliss-reactive ketones (excluding diaryl/α,β-unsaturated/α-hetero) is 1. The van der Waals surface area contributed by atoms with Crippen LogP contribution in [-0.2, 0) is 19.2 Å². The topological polar surface area (TPSA) is 157 Å². The first kappa shape index (κ1) is 36.5. The van der Waals surface area contributed by atoms with Gasteiger partial charge in [-0.2, -0.15) is 0 Å². The summed E-state index contributed by atoms with van der Waals surface area (Å²) in [4.78, 5) is 72.0. The number of nitrogens with two attached hydrogens (primary N) is 1. The minimum absolute atomic E-state index is 0.0762. The molecule has 0 aromatic rings. The molecule has 12 heteroatoms. The average molecular weight is 672 g/mol. The molecular weight excluding hydrogens is 610 g/mol. The van der Waals surface area contributed by atoms with E-state index < -0.39 is 35.7 Å². The molecule has 2 heterocycles. The maximum Gasteiger partial charge on any atom is 0.315 e. The number of ketones is 1. The summed E-state index contributed by atoms with van der Waals surface area (Å²) in [5, 5.41) is 8.76. The number of piperazine rings is 1. The average Bonchev–Trinajstić information content (AvgIpc) is 3.56. The summed E-state index contributed by atoms with van der Waals surface area (Å²) in [6.07, 6.45) is 9.69. The molecule has 3 aliphatic carbocycles. The van der Waals surface area contributed by atoms with Gasteiger partial charge in [0.25, 0.3) is 5.91 Å². The van der Waals surface area contributed by atoms with Crippen molar-refractivity contribution in [2.24, 2.45) is 34.3 Å². The van der Waals surface area contributed by atoms with Crippen LogP contribution in [0, 0.1) is 28.6 Å². The first-order valence-corrected chi connectivity index (χ1v) is 18.4. The molecule has 270 valence electrons. The molecule has 0 radical (unpaired) electrons. The third kappa shape index (κ3) is 8.17. The SMILES string of the molecule is CN1CCN(C[C@@H](NC(=O)NCC(=O)N2CC(C(C)(C)C3CCC3)C[C@H]2C(=O)NC(CC2CCC2)C(=O)C(N)=O)C(C)(C)C)CC12CC2. The second-order valence-electron chi connectivity index (χ2n) is 17.4. The van der Waals surface area contributed by atoms with Crippen molar-refractivity contribution >= 4 is 29.5 Å². The molecule has 2 saturated heterocycles. The third-order valence-corrected chi connectivity index (χ3v) is 12.9. The predicted octanol–water partition coefficient (Wildman–Crippen LogP) is 2.25. The van der Waals surface area contributed by atoms with E-state index in [-0.39, 0.29) is 46.7 Å². The van der Waals surface area contributed by atoms with Gasteiger partial charge in [0.15, 0.2) is 0 Å². The van der Waals surface area contributed by atoms with Crippen LogP contribution in [0.1, 0.15) is 98.8 Å². The van der Waals surface area contributed by atoms with Gasteiger partial charge in [-0.25, -0.2) is 4.79 Å². The van der Waals surface area contributed by atoms with E-state index in [4.69, 9.17) is 5.73 Å². The number of carbonyl (C=O) groups is 5. The Bertz CT molecular complexity index is 1240. The van der Waals surface area contributed by atoms with Crippen molar-refractivity contribution in [3.8, 4) is 0 Å². The quantitative estimate of drug-likeness (QED) is 0.219. The third-order valence-electron chi connectivity index (χ3n) is 12.9. The highest BCUT2D eigenvalue weighted by atomic mass is 16.2. The molecule has 1 spiro atoms. The zero-order valence-corrected chi connectivity index (χ0v) is 30.2. The summed E-state index contributed by atoms with van der Waals surface area (Å²) in [5.41, 5.74) is 5.37. The Kier molecular flexibility index (Phi) is 10.8. The summed E-state index contributed by atoms with van der Waals surface area (Å²) in [6.45, 7) is 14.7. The van der Waals surface area contributed by atoms with E-state index in [0.29, 0.717) is 25.3 Å². The number of hydrogen-bond donors (Lipinski definition) is 4. The summed E-state index contributed by atoms with van der Waals surface area (Å²) in [5.74, 6) is -1.77. The Morgan fingerprint density at radius 2 is 1.58 bits per heavy atom. The number of urea groups is 1. The van der Waals surface area contributed by atoms with Gasteiger partial charge in [0.2, 0.25) is 17.6 Å². The number of nitrogens with one attached hydrogen (secondary N) is 3. The van der Waals surface area contributed by atoms with E-state index >= 15 is 0 Å². The predicted molar refractivity (Wildman–Crippen MR) is 184 cm³/mol. The molecule has 48 heavy (non-hydrogen) atoms. The van der Waals surface area contributed by atoms with Gasteiger partial charge in [-0.15, -0.1) is 0 Å². The van der Waals surface area contributed by atoms with E-state index in [0.717, 1.165) is 58.3 Å². The van der Waals surface area contributed by atoms with Crippen LogP contribution in [0.4, 0.5) is 4.79 Å². The van der Waals surface area contributed by atoms with Crippen LogP contribution in [0.15, 0.2) is 0 Å². The monoisotopic (exact) mass is 671 g/mol. The minimum atomic E-state index is -1.06. The number of likely N-dealkylation sites (N-methyl/N-ethyl adjacent to an activating group) is 1. The lowest BCUT2D eigenvalue weighted by atomic mass is 9.61. The second kappa shape index (κ2) is 14.2. The lowest BCUT2D eigenvalue weighted by Crippen LogP contribution is -2.59. The van der Waals surface area contributed by atoms with Crippen LogP contribution in [0.25, 0.3) is 0 Å². The summed E-state index contributed by atoms with van der Waals surface area (Å²) in [7, 11) is 2.20. The molecule has 3 saturated carbocycles. The van der Waals surface area contributed by atoms with Gasteiger partial charge in [0.1, 0.15) is 6.04 Å². The van der Waals surface area contributed by atoms with Gasteiger partial charge in [0.05, 0.1) is 12.6 Å². The van der Waals surface area contributed by atoms with Crippen LogP contribution in [0.5, 0.6) is 0 Å². The molecule has 0 aromatic carbocycles. The largest absolute Gasteiger partial charge is 0.363 e. The Morgan fingerprint density at radius 1 is 0.917 bits per heavy atom. The minimum Gasteiger partial charge on any atom is -0.363 e. The smallest absolute Gasteiger partial charge is 0.315 e. The van der Waals surface area contributed by atoms with Gasteiger partial charge in [0, 0.05) is 44.3 Å². The van der Waals surface area contributed by atoms with Crippen molar-refractivity contribution < 1.29 is 24.0 Å². The van der Waals surface area contributed by atoms with Gasteiger partial charge in [-0.1, -0.05) is 60.3 Å². The molecule has 0 bridgehead atoms. The lowest BCUT2D eigenvalue weighted by molar-refractivity contribution is -0.141. The second-order valence-corrected chi connectivity index (χ2v) is 17.4. The normalized spacial score (nSPS) is 26.2. The molecule has 2 unspecified atom stereocenters. The fourth-order valence-electron chi connectivity index (χ4n) is 8.36.